The lowest BCUT2D eigenvalue weighted by atomic mass is 10.2. The van der Waals surface area contributed by atoms with Crippen molar-refractivity contribution in [3.05, 3.63) is 53.8 Å². The molecule has 2 aromatic heterocycles. The van der Waals surface area contributed by atoms with Crippen molar-refractivity contribution in [2.75, 3.05) is 44.3 Å². The highest BCUT2D eigenvalue weighted by Crippen LogP contribution is 2.29. The average molecular weight is 490 g/mol. The van der Waals surface area contributed by atoms with Gasteiger partial charge < -0.3 is 14.1 Å². The van der Waals surface area contributed by atoms with Crippen LogP contribution in [0.1, 0.15) is 24.2 Å². The van der Waals surface area contributed by atoms with Crippen molar-refractivity contribution in [1.82, 2.24) is 19.1 Å². The number of sulfonamides is 1. The van der Waals surface area contributed by atoms with E-state index in [0.29, 0.717) is 44.4 Å². The van der Waals surface area contributed by atoms with Gasteiger partial charge >= 0.3 is 0 Å². The van der Waals surface area contributed by atoms with E-state index in [1.807, 2.05) is 18.2 Å². The van der Waals surface area contributed by atoms with Crippen molar-refractivity contribution >= 4 is 27.7 Å². The van der Waals surface area contributed by atoms with E-state index in [-0.39, 0.29) is 5.09 Å². The van der Waals surface area contributed by atoms with Crippen LogP contribution in [0.15, 0.2) is 57.1 Å². The Hall–Kier alpha value is -2.34. The van der Waals surface area contributed by atoms with Gasteiger partial charge in [-0.2, -0.15) is 4.31 Å². The summed E-state index contributed by atoms with van der Waals surface area (Å²) in [5.41, 5.74) is 1.16. The molecule has 0 bridgehead atoms. The molecular formula is C22H27N5O4S2. The molecule has 0 radical (unpaired) electrons. The monoisotopic (exact) mass is 489 g/mol. The normalized spacial score (nSPS) is 17.6. The Morgan fingerprint density at radius 1 is 0.939 bits per heavy atom. The molecule has 2 aliphatic rings. The average Bonchev–Trinajstić information content (AvgIpc) is 3.61. The minimum Gasteiger partial charge on any atom is -0.447 e. The first-order valence-corrected chi connectivity index (χ1v) is 13.6. The second-order valence-electron chi connectivity index (χ2n) is 8.07. The number of hydrogen-bond acceptors (Lipinski definition) is 8. The molecule has 11 heteroatoms. The molecule has 33 heavy (non-hydrogen) atoms. The highest BCUT2D eigenvalue weighted by Gasteiger charge is 2.30. The third kappa shape index (κ3) is 4.96. The first-order valence-electron chi connectivity index (χ1n) is 11.1. The highest BCUT2D eigenvalue weighted by molar-refractivity contribution is 7.98. The third-order valence-corrected chi connectivity index (χ3v) is 8.58. The van der Waals surface area contributed by atoms with Gasteiger partial charge in [0.25, 0.3) is 10.0 Å². The molecule has 0 atom stereocenters. The fourth-order valence-corrected chi connectivity index (χ4v) is 6.33. The third-order valence-electron chi connectivity index (χ3n) is 5.81. The van der Waals surface area contributed by atoms with Gasteiger partial charge in [-0.25, -0.2) is 8.42 Å². The SMILES string of the molecule is O=S(=O)(c1ccc(CSc2nnc(N3CCOCC3)n2Cc2ccccc2)o1)N1CCCC1. The summed E-state index contributed by atoms with van der Waals surface area (Å²) in [7, 11) is -3.55. The fraction of sp³-hybridized carbons (Fsp3) is 0.455. The Labute approximate surface area is 197 Å². The molecule has 2 saturated heterocycles. The van der Waals surface area contributed by atoms with Crippen LogP contribution in [0.25, 0.3) is 0 Å². The predicted molar refractivity (Wildman–Crippen MR) is 125 cm³/mol. The van der Waals surface area contributed by atoms with Crippen LogP contribution < -0.4 is 4.90 Å². The molecule has 0 N–H and O–H groups in total. The van der Waals surface area contributed by atoms with E-state index < -0.39 is 10.0 Å². The summed E-state index contributed by atoms with van der Waals surface area (Å²) >= 11 is 1.49. The summed E-state index contributed by atoms with van der Waals surface area (Å²) < 4.78 is 40.3. The highest BCUT2D eigenvalue weighted by atomic mass is 32.2. The second-order valence-corrected chi connectivity index (χ2v) is 10.9. The van der Waals surface area contributed by atoms with Crippen molar-refractivity contribution in [1.29, 1.82) is 0 Å². The summed E-state index contributed by atoms with van der Waals surface area (Å²) in [4.78, 5) is 2.19. The Bertz CT molecular complexity index is 1170. The van der Waals surface area contributed by atoms with Gasteiger partial charge in [0.15, 0.2) is 5.16 Å². The number of thioether (sulfide) groups is 1. The van der Waals surface area contributed by atoms with Gasteiger partial charge in [-0.1, -0.05) is 42.1 Å². The number of hydrogen-bond donors (Lipinski definition) is 0. The maximum Gasteiger partial charge on any atom is 0.276 e. The molecule has 0 amide bonds. The van der Waals surface area contributed by atoms with Crippen LogP contribution >= 0.6 is 11.8 Å². The second kappa shape index (κ2) is 9.88. The molecule has 1 aromatic carbocycles. The topological polar surface area (TPSA) is 93.7 Å². The number of rotatable bonds is 8. The fourth-order valence-electron chi connectivity index (χ4n) is 4.06. The van der Waals surface area contributed by atoms with E-state index in [0.717, 1.165) is 42.6 Å². The largest absolute Gasteiger partial charge is 0.447 e. The molecule has 176 valence electrons. The maximum atomic E-state index is 12.7. The van der Waals surface area contributed by atoms with E-state index >= 15 is 0 Å². The summed E-state index contributed by atoms with van der Waals surface area (Å²) in [5, 5.41) is 9.70. The first kappa shape index (κ1) is 22.5. The van der Waals surface area contributed by atoms with Gasteiger partial charge in [-0.3, -0.25) is 4.57 Å². The minimum absolute atomic E-state index is 0.0137. The standard InChI is InChI=1S/C22H27N5O4S2/c28-33(29,26-10-4-5-11-26)20-9-8-19(31-20)17-32-22-24-23-21(25-12-14-30-15-13-25)27(22)16-18-6-2-1-3-7-18/h1-3,6-9H,4-5,10-17H2. The van der Waals surface area contributed by atoms with Crippen molar-refractivity contribution in [2.24, 2.45) is 0 Å². The van der Waals surface area contributed by atoms with Crippen LogP contribution in [0.2, 0.25) is 0 Å². The zero-order valence-corrected chi connectivity index (χ0v) is 19.9. The van der Waals surface area contributed by atoms with E-state index in [4.69, 9.17) is 9.15 Å². The maximum absolute atomic E-state index is 12.7. The zero-order chi connectivity index (χ0) is 22.7. The Kier molecular flexibility index (Phi) is 6.72. The summed E-state index contributed by atoms with van der Waals surface area (Å²) in [6, 6.07) is 13.5. The van der Waals surface area contributed by atoms with E-state index in [2.05, 4.69) is 31.8 Å². The van der Waals surface area contributed by atoms with Crippen LogP contribution in [0.5, 0.6) is 0 Å². The van der Waals surface area contributed by atoms with E-state index in [1.54, 1.807) is 12.1 Å². The molecule has 4 heterocycles. The zero-order valence-electron chi connectivity index (χ0n) is 18.3. The smallest absolute Gasteiger partial charge is 0.276 e. The van der Waals surface area contributed by atoms with Crippen molar-refractivity contribution < 1.29 is 17.6 Å². The number of aromatic nitrogens is 3. The van der Waals surface area contributed by atoms with Crippen LogP contribution in [-0.2, 0) is 27.1 Å². The number of anilines is 1. The van der Waals surface area contributed by atoms with Crippen molar-refractivity contribution in [3.63, 3.8) is 0 Å². The lowest BCUT2D eigenvalue weighted by molar-refractivity contribution is 0.121. The van der Waals surface area contributed by atoms with Gasteiger partial charge in [0.2, 0.25) is 11.0 Å². The molecule has 0 saturated carbocycles. The molecule has 0 unspecified atom stereocenters. The summed E-state index contributed by atoms with van der Waals surface area (Å²) in [6.45, 7) is 4.64. The number of ether oxygens (including phenoxy) is 1. The van der Waals surface area contributed by atoms with Crippen LogP contribution in [0.3, 0.4) is 0 Å². The molecule has 0 aliphatic carbocycles. The van der Waals surface area contributed by atoms with Crippen molar-refractivity contribution in [3.8, 4) is 0 Å². The van der Waals surface area contributed by atoms with E-state index in [1.165, 1.54) is 16.1 Å². The predicted octanol–water partition coefficient (Wildman–Crippen LogP) is 2.83. The van der Waals surface area contributed by atoms with Gasteiger partial charge in [0, 0.05) is 26.2 Å². The van der Waals surface area contributed by atoms with Crippen LogP contribution in [0.4, 0.5) is 5.95 Å². The molecule has 2 aliphatic heterocycles. The summed E-state index contributed by atoms with van der Waals surface area (Å²) in [6.07, 6.45) is 1.79. The molecule has 3 aromatic rings. The lowest BCUT2D eigenvalue weighted by Gasteiger charge is -2.28. The molecule has 0 spiro atoms. The molecular weight excluding hydrogens is 462 g/mol. The van der Waals surface area contributed by atoms with Crippen molar-refractivity contribution in [2.45, 2.75) is 35.4 Å². The summed E-state index contributed by atoms with van der Waals surface area (Å²) in [5.74, 6) is 1.88. The van der Waals surface area contributed by atoms with Gasteiger partial charge in [-0.05, 0) is 30.5 Å². The van der Waals surface area contributed by atoms with E-state index in [9.17, 15) is 8.42 Å². The number of furan rings is 1. The van der Waals surface area contributed by atoms with Gasteiger partial charge in [0.05, 0.1) is 25.5 Å². The Morgan fingerprint density at radius 3 is 2.45 bits per heavy atom. The molecule has 9 nitrogen and oxygen atoms in total. The number of benzene rings is 1. The Morgan fingerprint density at radius 2 is 1.70 bits per heavy atom. The number of morpholine rings is 1. The van der Waals surface area contributed by atoms with Crippen LogP contribution in [0, 0.1) is 0 Å². The van der Waals surface area contributed by atoms with Crippen LogP contribution in [-0.4, -0.2) is 66.9 Å². The quantitative estimate of drug-likeness (QED) is 0.446. The lowest BCUT2D eigenvalue weighted by Crippen LogP contribution is -2.38. The first-order chi connectivity index (χ1) is 16.1. The molecule has 5 rings (SSSR count). The molecule has 2 fully saturated rings. The Balaban J connectivity index is 1.34. The minimum atomic E-state index is -3.55. The van der Waals surface area contributed by atoms with Gasteiger partial charge in [0.1, 0.15) is 5.76 Å². The van der Waals surface area contributed by atoms with Gasteiger partial charge in [-0.15, -0.1) is 10.2 Å². The number of nitrogens with zero attached hydrogens (tertiary/aromatic N) is 5.